The lowest BCUT2D eigenvalue weighted by molar-refractivity contribution is -0.137. The van der Waals surface area contributed by atoms with Crippen LogP contribution in [0.15, 0.2) is 48.5 Å². The minimum absolute atomic E-state index is 0.116. The molecule has 0 N–H and O–H groups in total. The Morgan fingerprint density at radius 3 is 2.18 bits per heavy atom. The molecule has 0 atom stereocenters. The first-order valence-electron chi connectivity index (χ1n) is 12.4. The third-order valence-corrected chi connectivity index (χ3v) is 6.78. The smallest absolute Gasteiger partial charge is 0.416 e. The topological polar surface area (TPSA) is 47.4 Å². The first-order chi connectivity index (χ1) is 17.8. The van der Waals surface area contributed by atoms with Gasteiger partial charge in [0.15, 0.2) is 0 Å². The molecule has 1 amide bonds. The van der Waals surface area contributed by atoms with Crippen molar-refractivity contribution >= 4 is 16.9 Å². The number of aromatic nitrogens is 2. The number of ether oxygens (including phenoxy) is 1. The molecule has 0 saturated carbocycles. The average Bonchev–Trinajstić information content (AvgIpc) is 3.18. The Labute approximate surface area is 220 Å². The van der Waals surface area contributed by atoms with Crippen LogP contribution in [0.2, 0.25) is 0 Å². The molecule has 0 radical (unpaired) electrons. The highest BCUT2D eigenvalue weighted by Crippen LogP contribution is 2.34. The van der Waals surface area contributed by atoms with Gasteiger partial charge in [0, 0.05) is 11.6 Å². The summed E-state index contributed by atoms with van der Waals surface area (Å²) >= 11 is 0. The van der Waals surface area contributed by atoms with E-state index in [1.165, 1.54) is 6.07 Å². The highest BCUT2D eigenvalue weighted by atomic mass is 19.4. The third-order valence-electron chi connectivity index (χ3n) is 6.78. The normalized spacial score (nSPS) is 11.9. The number of rotatable bonds is 6. The molecular weight excluding hydrogens is 491 g/mol. The summed E-state index contributed by atoms with van der Waals surface area (Å²) in [6.45, 7) is 11.7. The van der Waals surface area contributed by atoms with Crippen molar-refractivity contribution in [2.45, 2.75) is 60.3 Å². The van der Waals surface area contributed by atoms with Crippen LogP contribution in [0.1, 0.15) is 57.8 Å². The van der Waals surface area contributed by atoms with Gasteiger partial charge in [0.25, 0.3) is 5.91 Å². The number of alkyl halides is 3. The number of halogens is 3. The summed E-state index contributed by atoms with van der Waals surface area (Å²) in [4.78, 5) is 20.2. The molecule has 1 heterocycles. The van der Waals surface area contributed by atoms with Gasteiger partial charge in [-0.05, 0) is 94.6 Å². The van der Waals surface area contributed by atoms with E-state index in [1.807, 2.05) is 70.4 Å². The van der Waals surface area contributed by atoms with Crippen LogP contribution in [0.25, 0.3) is 16.7 Å². The van der Waals surface area contributed by atoms with Gasteiger partial charge in [-0.2, -0.15) is 13.2 Å². The summed E-state index contributed by atoms with van der Waals surface area (Å²) < 4.78 is 47.7. The van der Waals surface area contributed by atoms with Crippen molar-refractivity contribution < 1.29 is 22.7 Å². The van der Waals surface area contributed by atoms with Crippen LogP contribution in [0, 0.1) is 27.7 Å². The molecule has 4 aromatic rings. The number of benzene rings is 3. The zero-order chi connectivity index (χ0) is 27.9. The second kappa shape index (κ2) is 10.2. The molecule has 0 fully saturated rings. The number of amides is 1. The van der Waals surface area contributed by atoms with Crippen LogP contribution in [0.4, 0.5) is 13.2 Å². The molecule has 0 aliphatic heterocycles. The van der Waals surface area contributed by atoms with Crippen LogP contribution in [0.5, 0.6) is 5.75 Å². The molecule has 0 bridgehead atoms. The number of hydrogen-bond donors (Lipinski definition) is 0. The Morgan fingerprint density at radius 2 is 1.63 bits per heavy atom. The fourth-order valence-corrected chi connectivity index (χ4v) is 4.99. The summed E-state index contributed by atoms with van der Waals surface area (Å²) in [6.07, 6.45) is -4.49. The van der Waals surface area contributed by atoms with Crippen LogP contribution in [0.3, 0.4) is 0 Å². The summed E-state index contributed by atoms with van der Waals surface area (Å²) in [6, 6.07) is 12.9. The van der Waals surface area contributed by atoms with E-state index < -0.39 is 11.7 Å². The zero-order valence-electron chi connectivity index (χ0n) is 22.7. The summed E-state index contributed by atoms with van der Waals surface area (Å²) in [5.74, 6) is 0.994. The molecule has 1 aromatic heterocycles. The van der Waals surface area contributed by atoms with Gasteiger partial charge in [0.1, 0.15) is 11.6 Å². The number of aryl methyl sites for hydroxylation is 4. The van der Waals surface area contributed by atoms with Crippen molar-refractivity contribution in [1.29, 1.82) is 0 Å². The molecule has 4 rings (SSSR count). The SMILES string of the molecule is COc1ccc(-n2c(CN(C(=O)c3c(C)cc(C)cc3C)C(C)C)nc3cc(C(F)(F)F)ccc32)c(C)c1. The van der Waals surface area contributed by atoms with Gasteiger partial charge < -0.3 is 9.64 Å². The molecule has 38 heavy (non-hydrogen) atoms. The zero-order valence-corrected chi connectivity index (χ0v) is 22.7. The summed E-state index contributed by atoms with van der Waals surface area (Å²) in [7, 11) is 1.58. The second-order valence-electron chi connectivity index (χ2n) is 10.0. The fraction of sp³-hybridized carbons (Fsp3) is 0.333. The van der Waals surface area contributed by atoms with E-state index in [-0.39, 0.29) is 24.0 Å². The van der Waals surface area contributed by atoms with E-state index in [0.717, 1.165) is 40.1 Å². The van der Waals surface area contributed by atoms with E-state index in [1.54, 1.807) is 18.1 Å². The van der Waals surface area contributed by atoms with Crippen LogP contribution in [-0.4, -0.2) is 33.5 Å². The Morgan fingerprint density at radius 1 is 0.974 bits per heavy atom. The second-order valence-corrected chi connectivity index (χ2v) is 10.0. The van der Waals surface area contributed by atoms with Crippen LogP contribution in [-0.2, 0) is 12.7 Å². The molecule has 0 saturated heterocycles. The number of fused-ring (bicyclic) bond motifs is 1. The maximum Gasteiger partial charge on any atom is 0.416 e. The van der Waals surface area contributed by atoms with E-state index >= 15 is 0 Å². The number of carbonyl (C=O) groups is 1. The van der Waals surface area contributed by atoms with Gasteiger partial charge in [0.2, 0.25) is 0 Å². The lowest BCUT2D eigenvalue weighted by Gasteiger charge is -2.28. The number of carbonyl (C=O) groups excluding carboxylic acids is 1. The molecule has 0 aliphatic rings. The Kier molecular flexibility index (Phi) is 7.28. The maximum absolute atomic E-state index is 13.9. The largest absolute Gasteiger partial charge is 0.497 e. The van der Waals surface area contributed by atoms with Crippen LogP contribution < -0.4 is 4.74 Å². The van der Waals surface area contributed by atoms with Crippen molar-refractivity contribution in [2.24, 2.45) is 0 Å². The van der Waals surface area contributed by atoms with Crippen LogP contribution >= 0.6 is 0 Å². The summed E-state index contributed by atoms with van der Waals surface area (Å²) in [5.41, 5.74) is 5.05. The fourth-order valence-electron chi connectivity index (χ4n) is 4.99. The number of hydrogen-bond acceptors (Lipinski definition) is 3. The minimum atomic E-state index is -4.49. The molecule has 0 aliphatic carbocycles. The van der Waals surface area contributed by atoms with Gasteiger partial charge in [-0.3, -0.25) is 9.36 Å². The molecular formula is C30H32F3N3O2. The van der Waals surface area contributed by atoms with Gasteiger partial charge in [-0.15, -0.1) is 0 Å². The van der Waals surface area contributed by atoms with E-state index in [2.05, 4.69) is 4.98 Å². The molecule has 0 spiro atoms. The van der Waals surface area contributed by atoms with Crippen molar-refractivity contribution in [2.75, 3.05) is 7.11 Å². The first kappa shape index (κ1) is 27.2. The van der Waals surface area contributed by atoms with Crippen molar-refractivity contribution in [3.8, 4) is 11.4 Å². The monoisotopic (exact) mass is 523 g/mol. The van der Waals surface area contributed by atoms with Crippen molar-refractivity contribution in [3.05, 3.63) is 87.7 Å². The Hall–Kier alpha value is -3.81. The van der Waals surface area contributed by atoms with E-state index in [4.69, 9.17) is 4.74 Å². The summed E-state index contributed by atoms with van der Waals surface area (Å²) in [5, 5.41) is 0. The van der Waals surface area contributed by atoms with Gasteiger partial charge in [-0.25, -0.2) is 4.98 Å². The quantitative estimate of drug-likeness (QED) is 0.266. The predicted octanol–water partition coefficient (Wildman–Crippen LogP) is 7.34. The highest BCUT2D eigenvalue weighted by Gasteiger charge is 2.32. The molecule has 8 heteroatoms. The first-order valence-corrected chi connectivity index (χ1v) is 12.4. The van der Waals surface area contributed by atoms with Crippen molar-refractivity contribution in [1.82, 2.24) is 14.5 Å². The molecule has 3 aromatic carbocycles. The third kappa shape index (κ3) is 5.12. The highest BCUT2D eigenvalue weighted by molar-refractivity contribution is 5.97. The van der Waals surface area contributed by atoms with E-state index in [0.29, 0.717) is 22.7 Å². The standard InChI is InChI=1S/C30H32F3N3O2/c1-17(2)35(29(37)28-20(5)12-18(3)13-21(28)6)16-27-34-24-15-22(30(31,32)33)8-10-26(24)36(27)25-11-9-23(38-7)14-19(25)4/h8-15,17H,16H2,1-7H3. The van der Waals surface area contributed by atoms with Gasteiger partial charge in [0.05, 0.1) is 35.9 Å². The van der Waals surface area contributed by atoms with E-state index in [9.17, 15) is 18.0 Å². The molecule has 200 valence electrons. The Balaban J connectivity index is 1.90. The average molecular weight is 524 g/mol. The number of methoxy groups -OCH3 is 1. The predicted molar refractivity (Wildman–Crippen MR) is 143 cm³/mol. The number of imidazole rings is 1. The van der Waals surface area contributed by atoms with Gasteiger partial charge >= 0.3 is 6.18 Å². The lowest BCUT2D eigenvalue weighted by Crippen LogP contribution is -2.38. The number of nitrogens with zero attached hydrogens (tertiary/aromatic N) is 3. The minimum Gasteiger partial charge on any atom is -0.497 e. The van der Waals surface area contributed by atoms with Gasteiger partial charge in [-0.1, -0.05) is 17.7 Å². The molecule has 0 unspecified atom stereocenters. The lowest BCUT2D eigenvalue weighted by atomic mass is 9.98. The Bertz CT molecular complexity index is 1500. The molecule has 5 nitrogen and oxygen atoms in total. The van der Waals surface area contributed by atoms with Crippen molar-refractivity contribution in [3.63, 3.8) is 0 Å². The maximum atomic E-state index is 13.9.